The van der Waals surface area contributed by atoms with Crippen LogP contribution in [0.25, 0.3) is 5.82 Å². The van der Waals surface area contributed by atoms with Crippen LogP contribution >= 0.6 is 0 Å². The van der Waals surface area contributed by atoms with E-state index >= 15 is 0 Å². The lowest BCUT2D eigenvalue weighted by Crippen LogP contribution is -2.30. The number of hydrogen-bond acceptors (Lipinski definition) is 5. The van der Waals surface area contributed by atoms with Crippen LogP contribution in [0, 0.1) is 12.7 Å². The molecule has 26 heavy (non-hydrogen) atoms. The van der Waals surface area contributed by atoms with Gasteiger partial charge in [-0.15, -0.1) is 10.2 Å². The highest BCUT2D eigenvalue weighted by atomic mass is 19.1. The van der Waals surface area contributed by atoms with Gasteiger partial charge < -0.3 is 10.6 Å². The van der Waals surface area contributed by atoms with E-state index in [9.17, 15) is 9.18 Å². The second-order valence-electron chi connectivity index (χ2n) is 5.72. The minimum absolute atomic E-state index is 0.0183. The highest BCUT2D eigenvalue weighted by Crippen LogP contribution is 2.07. The van der Waals surface area contributed by atoms with E-state index in [4.69, 9.17) is 0 Å². The number of hydrogen-bond donors (Lipinski definition) is 2. The van der Waals surface area contributed by atoms with Crippen LogP contribution in [0.2, 0.25) is 0 Å². The van der Waals surface area contributed by atoms with Crippen molar-refractivity contribution in [1.82, 2.24) is 25.3 Å². The Morgan fingerprint density at radius 2 is 1.96 bits per heavy atom. The molecule has 0 atom stereocenters. The minimum Gasteiger partial charge on any atom is -0.367 e. The fraction of sp³-hybridized carbons (Fsp3) is 0.222. The fourth-order valence-electron chi connectivity index (χ4n) is 2.35. The second kappa shape index (κ2) is 8.19. The van der Waals surface area contributed by atoms with Gasteiger partial charge in [0.05, 0.1) is 12.1 Å². The third kappa shape index (κ3) is 4.62. The van der Waals surface area contributed by atoms with E-state index in [2.05, 4.69) is 25.9 Å². The maximum absolute atomic E-state index is 13.5. The molecule has 2 aromatic heterocycles. The van der Waals surface area contributed by atoms with Crippen LogP contribution in [0.4, 0.5) is 10.2 Å². The number of halogens is 1. The van der Waals surface area contributed by atoms with Crippen LogP contribution in [0.5, 0.6) is 0 Å². The highest BCUT2D eigenvalue weighted by molar-refractivity contribution is 5.78. The summed E-state index contributed by atoms with van der Waals surface area (Å²) in [5.41, 5.74) is 1.29. The smallest absolute Gasteiger partial charge is 0.224 e. The molecule has 134 valence electrons. The van der Waals surface area contributed by atoms with E-state index in [1.807, 2.05) is 19.2 Å². The molecule has 8 heteroatoms. The molecule has 3 rings (SSSR count). The first-order valence-electron chi connectivity index (χ1n) is 8.22. The van der Waals surface area contributed by atoms with Gasteiger partial charge in [0.15, 0.2) is 5.82 Å². The van der Waals surface area contributed by atoms with E-state index in [1.54, 1.807) is 35.0 Å². The van der Waals surface area contributed by atoms with Crippen molar-refractivity contribution in [3.05, 3.63) is 65.7 Å². The van der Waals surface area contributed by atoms with Gasteiger partial charge in [0, 0.05) is 19.3 Å². The second-order valence-corrected chi connectivity index (χ2v) is 5.72. The van der Waals surface area contributed by atoms with Gasteiger partial charge in [-0.3, -0.25) is 4.79 Å². The van der Waals surface area contributed by atoms with E-state index in [0.29, 0.717) is 30.3 Å². The summed E-state index contributed by atoms with van der Waals surface area (Å²) >= 11 is 0. The molecule has 0 fully saturated rings. The fourth-order valence-corrected chi connectivity index (χ4v) is 2.35. The Labute approximate surface area is 150 Å². The first-order valence-corrected chi connectivity index (χ1v) is 8.22. The average Bonchev–Trinajstić information content (AvgIpc) is 3.08. The Balaban J connectivity index is 1.42. The van der Waals surface area contributed by atoms with Crippen LogP contribution in [-0.4, -0.2) is 39.0 Å². The van der Waals surface area contributed by atoms with Gasteiger partial charge in [-0.1, -0.05) is 18.2 Å². The zero-order chi connectivity index (χ0) is 18.4. The first kappa shape index (κ1) is 17.5. The molecule has 2 N–H and O–H groups in total. The number of anilines is 1. The number of aromatic nitrogens is 4. The van der Waals surface area contributed by atoms with Crippen molar-refractivity contribution in [3.63, 3.8) is 0 Å². The lowest BCUT2D eigenvalue weighted by atomic mass is 10.1. The Morgan fingerprint density at radius 1 is 1.12 bits per heavy atom. The summed E-state index contributed by atoms with van der Waals surface area (Å²) in [4.78, 5) is 11.8. The molecule has 1 amide bonds. The number of carbonyl (C=O) groups excluding carboxylic acids is 1. The molecule has 3 aromatic rings. The van der Waals surface area contributed by atoms with Crippen LogP contribution < -0.4 is 10.6 Å². The maximum atomic E-state index is 13.5. The van der Waals surface area contributed by atoms with E-state index in [1.165, 1.54) is 6.07 Å². The van der Waals surface area contributed by atoms with Crippen molar-refractivity contribution in [2.45, 2.75) is 13.3 Å². The predicted molar refractivity (Wildman–Crippen MR) is 95.5 cm³/mol. The van der Waals surface area contributed by atoms with Gasteiger partial charge in [-0.25, -0.2) is 9.07 Å². The van der Waals surface area contributed by atoms with Gasteiger partial charge in [-0.05, 0) is 36.8 Å². The Morgan fingerprint density at radius 3 is 2.65 bits per heavy atom. The van der Waals surface area contributed by atoms with Crippen LogP contribution in [-0.2, 0) is 11.2 Å². The number of amides is 1. The monoisotopic (exact) mass is 354 g/mol. The summed E-state index contributed by atoms with van der Waals surface area (Å²) in [6.07, 6.45) is 1.84. The molecule has 0 saturated carbocycles. The summed E-state index contributed by atoms with van der Waals surface area (Å²) in [5.74, 6) is 0.624. The first-order chi connectivity index (χ1) is 12.6. The minimum atomic E-state index is -0.372. The molecule has 0 aliphatic carbocycles. The largest absolute Gasteiger partial charge is 0.367 e. The number of carbonyl (C=O) groups is 1. The van der Waals surface area contributed by atoms with Gasteiger partial charge in [0.25, 0.3) is 0 Å². The molecular weight excluding hydrogens is 335 g/mol. The third-order valence-electron chi connectivity index (χ3n) is 3.67. The van der Waals surface area contributed by atoms with E-state index in [-0.39, 0.29) is 18.1 Å². The molecule has 0 aliphatic heterocycles. The van der Waals surface area contributed by atoms with Crippen molar-refractivity contribution in [2.75, 3.05) is 18.4 Å². The number of rotatable bonds is 7. The Bertz CT molecular complexity index is 877. The maximum Gasteiger partial charge on any atom is 0.224 e. The van der Waals surface area contributed by atoms with Crippen LogP contribution in [0.1, 0.15) is 11.3 Å². The molecule has 0 radical (unpaired) electrons. The summed E-state index contributed by atoms with van der Waals surface area (Å²) in [5, 5.41) is 18.2. The molecule has 0 spiro atoms. The standard InChI is InChI=1S/C18H19FN6O/c1-13-8-11-25(24-13)17-7-6-16(22-23-17)20-9-10-21-18(26)12-14-4-2-3-5-15(14)19/h2-8,11H,9-10,12H2,1H3,(H,20,22)(H,21,26). The number of nitrogens with zero attached hydrogens (tertiary/aromatic N) is 4. The summed E-state index contributed by atoms with van der Waals surface area (Å²) < 4.78 is 15.2. The molecular formula is C18H19FN6O. The van der Waals surface area contributed by atoms with Crippen molar-refractivity contribution >= 4 is 11.7 Å². The lowest BCUT2D eigenvalue weighted by molar-refractivity contribution is -0.120. The predicted octanol–water partition coefficient (Wildman–Crippen LogP) is 1.88. The summed E-state index contributed by atoms with van der Waals surface area (Å²) in [7, 11) is 0. The number of nitrogens with one attached hydrogen (secondary N) is 2. The summed E-state index contributed by atoms with van der Waals surface area (Å²) in [6, 6.07) is 11.7. The van der Waals surface area contributed by atoms with Crippen LogP contribution in [0.3, 0.4) is 0 Å². The van der Waals surface area contributed by atoms with Crippen LogP contribution in [0.15, 0.2) is 48.7 Å². The summed E-state index contributed by atoms with van der Waals surface area (Å²) in [6.45, 7) is 2.79. The van der Waals surface area contributed by atoms with Gasteiger partial charge >= 0.3 is 0 Å². The normalized spacial score (nSPS) is 10.5. The SMILES string of the molecule is Cc1ccn(-c2ccc(NCCNC(=O)Cc3ccccc3F)nn2)n1. The van der Waals surface area contributed by atoms with Gasteiger partial charge in [-0.2, -0.15) is 5.10 Å². The Kier molecular flexibility index (Phi) is 5.52. The quantitative estimate of drug-likeness (QED) is 0.633. The number of aryl methyl sites for hydroxylation is 1. The van der Waals surface area contributed by atoms with Gasteiger partial charge in [0.1, 0.15) is 11.6 Å². The van der Waals surface area contributed by atoms with E-state index in [0.717, 1.165) is 5.69 Å². The number of benzene rings is 1. The van der Waals surface area contributed by atoms with Crippen molar-refractivity contribution in [3.8, 4) is 5.82 Å². The average molecular weight is 354 g/mol. The topological polar surface area (TPSA) is 84.7 Å². The van der Waals surface area contributed by atoms with Crippen molar-refractivity contribution in [2.24, 2.45) is 0 Å². The molecule has 0 unspecified atom stereocenters. The van der Waals surface area contributed by atoms with Crippen molar-refractivity contribution in [1.29, 1.82) is 0 Å². The lowest BCUT2D eigenvalue weighted by Gasteiger charge is -2.08. The third-order valence-corrected chi connectivity index (χ3v) is 3.67. The molecule has 7 nitrogen and oxygen atoms in total. The Hall–Kier alpha value is -3.29. The molecule has 2 heterocycles. The molecule has 0 bridgehead atoms. The highest BCUT2D eigenvalue weighted by Gasteiger charge is 2.07. The molecule has 1 aromatic carbocycles. The van der Waals surface area contributed by atoms with E-state index < -0.39 is 0 Å². The zero-order valence-electron chi connectivity index (χ0n) is 14.3. The molecule has 0 aliphatic rings. The molecule has 0 saturated heterocycles. The zero-order valence-corrected chi connectivity index (χ0v) is 14.3. The van der Waals surface area contributed by atoms with Crippen molar-refractivity contribution < 1.29 is 9.18 Å². The van der Waals surface area contributed by atoms with Gasteiger partial charge in [0.2, 0.25) is 5.91 Å².